The molecule has 0 aliphatic rings. The third-order valence-electron chi connectivity index (χ3n) is 0.476. The van der Waals surface area contributed by atoms with E-state index >= 15 is 0 Å². The van der Waals surface area contributed by atoms with E-state index in [9.17, 15) is 8.42 Å². The molecule has 0 aromatic carbocycles. The van der Waals surface area contributed by atoms with Gasteiger partial charge >= 0.3 is 0 Å². The van der Waals surface area contributed by atoms with Gasteiger partial charge in [0.15, 0.2) is 5.44 Å². The molecule has 1 unspecified atom stereocenters. The third kappa shape index (κ3) is 5.60. The summed E-state index contributed by atoms with van der Waals surface area (Å²) in [5.74, 6) is -0.515. The Morgan fingerprint density at radius 2 is 1.89 bits per heavy atom. The topological polar surface area (TPSA) is 74.6 Å². The molecule has 0 saturated heterocycles. The maximum atomic E-state index is 9.78. The summed E-state index contributed by atoms with van der Waals surface area (Å²) in [6.07, 6.45) is 0. The van der Waals surface area contributed by atoms with Crippen molar-refractivity contribution in [1.29, 1.82) is 0 Å². The van der Waals surface area contributed by atoms with Crippen molar-refractivity contribution >= 4 is 51.3 Å². The summed E-state index contributed by atoms with van der Waals surface area (Å²) in [6, 6.07) is 0. The molecule has 0 aromatic heterocycles. The molecule has 0 spiro atoms. The largest absolute Gasteiger partial charge is 0.374 e. The van der Waals surface area contributed by atoms with Crippen LogP contribution >= 0.6 is 11.6 Å². The van der Waals surface area contributed by atoms with Crippen molar-refractivity contribution in [2.45, 2.75) is 5.44 Å². The maximum absolute atomic E-state index is 9.78. The van der Waals surface area contributed by atoms with Crippen LogP contribution in [0.5, 0.6) is 0 Å². The van der Waals surface area contributed by atoms with Gasteiger partial charge in [-0.2, -0.15) is 8.42 Å². The average molecular weight is 184 g/mol. The number of alkyl halides is 1. The van der Waals surface area contributed by atoms with Crippen molar-refractivity contribution in [3.8, 4) is 0 Å². The molecule has 0 amide bonds. The van der Waals surface area contributed by atoms with E-state index in [2.05, 4.69) is 0 Å². The Morgan fingerprint density at radius 1 is 1.56 bits per heavy atom. The van der Waals surface area contributed by atoms with Gasteiger partial charge in [0.1, 0.15) is 0 Å². The van der Waals surface area contributed by atoms with Gasteiger partial charge in [0.25, 0.3) is 10.1 Å². The predicted octanol–water partition coefficient (Wildman–Crippen LogP) is -0.949. The van der Waals surface area contributed by atoms with E-state index in [1.807, 2.05) is 0 Å². The Labute approximate surface area is 80.2 Å². The van der Waals surface area contributed by atoms with E-state index in [1.165, 1.54) is 0 Å². The van der Waals surface area contributed by atoms with Crippen molar-refractivity contribution in [2.75, 3.05) is 5.88 Å². The molecule has 2 N–H and O–H groups in total. The molecule has 0 bridgehead atoms. The Bertz CT molecular complexity index is 154. The van der Waals surface area contributed by atoms with Crippen LogP contribution in [0.4, 0.5) is 0 Å². The summed E-state index contributed by atoms with van der Waals surface area (Å²) < 4.78 is 27.5. The molecule has 51 valence electrons. The molecule has 1 atom stereocenters. The maximum Gasteiger partial charge on any atom is 0.293 e. The van der Waals surface area contributed by atoms with Crippen molar-refractivity contribution in [3.63, 3.8) is 0 Å². The van der Waals surface area contributed by atoms with Gasteiger partial charge in [0.2, 0.25) is 0 Å². The minimum atomic E-state index is -4.33. The first kappa shape index (κ1) is 12.8. The molecule has 0 saturated carbocycles. The standard InChI is InChI=1S/C2H5ClO4S.Na/c3-1-2(4)8(5,6)7;/h2,4H,1H2,(H,5,6,7);. The predicted molar refractivity (Wildman–Crippen MR) is 34.0 cm³/mol. The Hall–Kier alpha value is 1.16. The molecule has 1 radical (unpaired) electrons. The molecule has 9 heavy (non-hydrogen) atoms. The monoisotopic (exact) mass is 183 g/mol. The Balaban J connectivity index is 0. The summed E-state index contributed by atoms with van der Waals surface area (Å²) in [4.78, 5) is 0. The second-order valence-electron chi connectivity index (χ2n) is 1.12. The third-order valence-corrected chi connectivity index (χ3v) is 1.81. The van der Waals surface area contributed by atoms with Gasteiger partial charge in [-0.25, -0.2) is 0 Å². The molecule has 7 heteroatoms. The quantitative estimate of drug-likeness (QED) is 0.329. The van der Waals surface area contributed by atoms with Crippen LogP contribution in [-0.2, 0) is 10.1 Å². The summed E-state index contributed by atoms with van der Waals surface area (Å²) in [5.41, 5.74) is -1.86. The zero-order valence-electron chi connectivity index (χ0n) is 4.78. The molecule has 0 aliphatic carbocycles. The molecule has 4 nitrogen and oxygen atoms in total. The van der Waals surface area contributed by atoms with Crippen LogP contribution in [-0.4, -0.2) is 59.0 Å². The fourth-order valence-corrected chi connectivity index (χ4v) is 0.716. The van der Waals surface area contributed by atoms with Crippen molar-refractivity contribution in [2.24, 2.45) is 0 Å². The van der Waals surface area contributed by atoms with Gasteiger partial charge in [-0.3, -0.25) is 4.55 Å². The van der Waals surface area contributed by atoms with Crippen LogP contribution in [0.3, 0.4) is 0 Å². The van der Waals surface area contributed by atoms with Gasteiger partial charge in [-0.15, -0.1) is 11.6 Å². The van der Waals surface area contributed by atoms with Crippen LogP contribution in [0.1, 0.15) is 0 Å². The number of aliphatic hydroxyl groups is 1. The number of aliphatic hydroxyl groups excluding tert-OH is 1. The van der Waals surface area contributed by atoms with Crippen LogP contribution in [0.15, 0.2) is 0 Å². The van der Waals surface area contributed by atoms with Gasteiger partial charge in [0, 0.05) is 29.6 Å². The first-order valence-electron chi connectivity index (χ1n) is 1.69. The SMILES string of the molecule is O=S(=O)(O)C(O)CCl.[Na]. The average Bonchev–Trinajstić information content (AvgIpc) is 1.62. The van der Waals surface area contributed by atoms with E-state index in [0.29, 0.717) is 0 Å². The van der Waals surface area contributed by atoms with E-state index in [-0.39, 0.29) is 29.6 Å². The molecular weight excluding hydrogens is 179 g/mol. The van der Waals surface area contributed by atoms with Gasteiger partial charge in [0.05, 0.1) is 5.88 Å². The number of halogens is 1. The van der Waals surface area contributed by atoms with Crippen LogP contribution < -0.4 is 0 Å². The van der Waals surface area contributed by atoms with E-state index in [0.717, 1.165) is 0 Å². The first-order chi connectivity index (χ1) is 3.48. The molecule has 0 heterocycles. The van der Waals surface area contributed by atoms with E-state index in [1.54, 1.807) is 0 Å². The Kier molecular flexibility index (Phi) is 6.97. The molecule has 0 aliphatic heterocycles. The molecular formula is C2H5ClNaO4S. The summed E-state index contributed by atoms with van der Waals surface area (Å²) >= 11 is 4.85. The first-order valence-corrected chi connectivity index (χ1v) is 3.72. The van der Waals surface area contributed by atoms with E-state index in [4.69, 9.17) is 21.3 Å². The van der Waals surface area contributed by atoms with Crippen molar-refractivity contribution < 1.29 is 18.1 Å². The van der Waals surface area contributed by atoms with Crippen LogP contribution in [0.2, 0.25) is 0 Å². The summed E-state index contributed by atoms with van der Waals surface area (Å²) in [7, 11) is -4.33. The number of hydrogen-bond donors (Lipinski definition) is 2. The minimum Gasteiger partial charge on any atom is -0.374 e. The van der Waals surface area contributed by atoms with Crippen LogP contribution in [0.25, 0.3) is 0 Å². The Morgan fingerprint density at radius 3 is 1.89 bits per heavy atom. The molecule has 0 aromatic rings. The minimum absolute atomic E-state index is 0. The molecule has 0 rings (SSSR count). The zero-order valence-corrected chi connectivity index (χ0v) is 8.35. The summed E-state index contributed by atoms with van der Waals surface area (Å²) in [5, 5.41) is 8.22. The zero-order chi connectivity index (χ0) is 6.78. The second kappa shape index (κ2) is 4.90. The fourth-order valence-electron chi connectivity index (χ4n) is 0.0796. The van der Waals surface area contributed by atoms with Crippen molar-refractivity contribution in [1.82, 2.24) is 0 Å². The number of rotatable bonds is 2. The molecule has 0 fully saturated rings. The van der Waals surface area contributed by atoms with E-state index < -0.39 is 21.4 Å². The number of hydrogen-bond acceptors (Lipinski definition) is 3. The normalized spacial score (nSPS) is 14.1. The fraction of sp³-hybridized carbons (Fsp3) is 1.00. The van der Waals surface area contributed by atoms with Gasteiger partial charge in [-0.1, -0.05) is 0 Å². The van der Waals surface area contributed by atoms with Crippen LogP contribution in [0, 0.1) is 0 Å². The van der Waals surface area contributed by atoms with Gasteiger partial charge in [-0.05, 0) is 0 Å². The second-order valence-corrected chi connectivity index (χ2v) is 3.01. The van der Waals surface area contributed by atoms with Gasteiger partial charge < -0.3 is 5.11 Å². The smallest absolute Gasteiger partial charge is 0.293 e. The van der Waals surface area contributed by atoms with Crippen molar-refractivity contribution in [3.05, 3.63) is 0 Å². The summed E-state index contributed by atoms with van der Waals surface area (Å²) in [6.45, 7) is 0.